The molecule has 110 valence electrons. The van der Waals surface area contributed by atoms with Crippen LogP contribution >= 0.6 is 0 Å². The number of nitrogens with zero attached hydrogens (tertiary/aromatic N) is 1. The maximum Gasteiger partial charge on any atom is 0.167 e. The molecule has 0 radical (unpaired) electrons. The number of carbonyl (C=O) groups is 1. The summed E-state index contributed by atoms with van der Waals surface area (Å²) in [7, 11) is 0. The van der Waals surface area contributed by atoms with Crippen LogP contribution in [0, 0.1) is 17.2 Å². The summed E-state index contributed by atoms with van der Waals surface area (Å²) in [6.07, 6.45) is 0.602. The molecule has 3 aromatic carbocycles. The van der Waals surface area contributed by atoms with Gasteiger partial charge in [-0.25, -0.2) is 0 Å². The minimum Gasteiger partial charge on any atom is -0.294 e. The van der Waals surface area contributed by atoms with Gasteiger partial charge in [0.25, 0.3) is 0 Å². The van der Waals surface area contributed by atoms with E-state index in [0.717, 1.165) is 16.3 Å². The lowest BCUT2D eigenvalue weighted by Gasteiger charge is -2.12. The molecule has 0 bridgehead atoms. The third kappa shape index (κ3) is 2.05. The highest BCUT2D eigenvalue weighted by atomic mass is 16.1. The van der Waals surface area contributed by atoms with E-state index < -0.39 is 5.41 Å². The minimum absolute atomic E-state index is 0.0695. The van der Waals surface area contributed by atoms with Crippen LogP contribution in [-0.2, 0) is 5.41 Å². The van der Waals surface area contributed by atoms with Crippen molar-refractivity contribution < 1.29 is 4.79 Å². The number of ketones is 1. The van der Waals surface area contributed by atoms with Crippen molar-refractivity contribution in [3.8, 4) is 6.07 Å². The predicted molar refractivity (Wildman–Crippen MR) is 90.1 cm³/mol. The molecule has 2 atom stereocenters. The zero-order chi connectivity index (χ0) is 15.9. The van der Waals surface area contributed by atoms with Crippen molar-refractivity contribution in [2.24, 2.45) is 5.92 Å². The smallest absolute Gasteiger partial charge is 0.167 e. The van der Waals surface area contributed by atoms with Crippen LogP contribution in [0.1, 0.15) is 22.3 Å². The third-order valence-corrected chi connectivity index (χ3v) is 4.81. The monoisotopic (exact) mass is 297 g/mol. The van der Waals surface area contributed by atoms with Gasteiger partial charge in [-0.3, -0.25) is 4.79 Å². The van der Waals surface area contributed by atoms with Gasteiger partial charge in [0.1, 0.15) is 0 Å². The zero-order valence-corrected chi connectivity index (χ0v) is 12.6. The van der Waals surface area contributed by atoms with Crippen molar-refractivity contribution in [2.45, 2.75) is 11.8 Å². The molecule has 0 aliphatic heterocycles. The Bertz CT molecular complexity index is 933. The molecule has 0 heterocycles. The predicted octanol–water partition coefficient (Wildman–Crippen LogP) is 4.50. The first kappa shape index (κ1) is 13.7. The molecule has 1 aliphatic carbocycles. The Morgan fingerprint density at radius 2 is 1.65 bits per heavy atom. The summed E-state index contributed by atoms with van der Waals surface area (Å²) in [5.41, 5.74) is 0.982. The van der Waals surface area contributed by atoms with Gasteiger partial charge in [0.05, 0.1) is 11.5 Å². The van der Waals surface area contributed by atoms with Crippen LogP contribution in [0.3, 0.4) is 0 Å². The van der Waals surface area contributed by atoms with Crippen LogP contribution in [0.2, 0.25) is 0 Å². The second-order valence-electron chi connectivity index (χ2n) is 6.10. The molecule has 0 amide bonds. The van der Waals surface area contributed by atoms with E-state index in [1.807, 2.05) is 72.8 Å². The third-order valence-electron chi connectivity index (χ3n) is 4.81. The molecule has 4 rings (SSSR count). The molecule has 0 N–H and O–H groups in total. The SMILES string of the molecule is N#CC1(c2cccc3ccccc23)CC1C(=O)c1ccccc1. The van der Waals surface area contributed by atoms with Crippen molar-refractivity contribution in [3.63, 3.8) is 0 Å². The fourth-order valence-corrected chi connectivity index (χ4v) is 3.48. The van der Waals surface area contributed by atoms with Crippen LogP contribution in [-0.4, -0.2) is 5.78 Å². The molecule has 0 saturated heterocycles. The van der Waals surface area contributed by atoms with Crippen LogP contribution in [0.5, 0.6) is 0 Å². The Labute approximate surface area is 135 Å². The first-order valence-corrected chi connectivity index (χ1v) is 7.75. The number of fused-ring (bicyclic) bond motifs is 1. The molecule has 2 unspecified atom stereocenters. The van der Waals surface area contributed by atoms with Gasteiger partial charge in [-0.1, -0.05) is 72.8 Å². The molecular weight excluding hydrogens is 282 g/mol. The molecule has 1 aliphatic rings. The molecule has 3 aromatic rings. The lowest BCUT2D eigenvalue weighted by molar-refractivity contribution is 0.0961. The molecule has 2 nitrogen and oxygen atoms in total. The summed E-state index contributed by atoms with van der Waals surface area (Å²) in [4.78, 5) is 12.7. The molecule has 1 saturated carbocycles. The van der Waals surface area contributed by atoms with Gasteiger partial charge in [0, 0.05) is 11.5 Å². The molecule has 23 heavy (non-hydrogen) atoms. The van der Waals surface area contributed by atoms with Gasteiger partial charge in [-0.2, -0.15) is 5.26 Å². The molecule has 1 fully saturated rings. The van der Waals surface area contributed by atoms with E-state index in [9.17, 15) is 10.1 Å². The summed E-state index contributed by atoms with van der Waals surface area (Å²) < 4.78 is 0. The maximum absolute atomic E-state index is 12.7. The van der Waals surface area contributed by atoms with E-state index in [2.05, 4.69) is 6.07 Å². The van der Waals surface area contributed by atoms with E-state index >= 15 is 0 Å². The topological polar surface area (TPSA) is 40.9 Å². The number of hydrogen-bond acceptors (Lipinski definition) is 2. The Balaban J connectivity index is 1.79. The number of Topliss-reactive ketones (excluding diaryl/α,β-unsaturated/α-hetero) is 1. The van der Waals surface area contributed by atoms with E-state index in [-0.39, 0.29) is 11.7 Å². The van der Waals surface area contributed by atoms with Gasteiger partial charge in [0.2, 0.25) is 0 Å². The highest BCUT2D eigenvalue weighted by Gasteiger charge is 2.60. The Kier molecular flexibility index (Phi) is 3.02. The van der Waals surface area contributed by atoms with E-state index in [1.165, 1.54) is 0 Å². The van der Waals surface area contributed by atoms with E-state index in [0.29, 0.717) is 12.0 Å². The van der Waals surface area contributed by atoms with Crippen LogP contribution in [0.15, 0.2) is 72.8 Å². The fraction of sp³-hybridized carbons (Fsp3) is 0.143. The van der Waals surface area contributed by atoms with Crippen molar-refractivity contribution >= 4 is 16.6 Å². The summed E-state index contributed by atoms with van der Waals surface area (Å²) >= 11 is 0. The van der Waals surface area contributed by atoms with Gasteiger partial charge in [-0.05, 0) is 22.8 Å². The van der Waals surface area contributed by atoms with E-state index in [4.69, 9.17) is 0 Å². The molecule has 2 heteroatoms. The highest BCUT2D eigenvalue weighted by molar-refractivity contribution is 6.02. The average molecular weight is 297 g/mol. The molecule has 0 aromatic heterocycles. The van der Waals surface area contributed by atoms with Crippen molar-refractivity contribution in [2.75, 3.05) is 0 Å². The number of rotatable bonds is 3. The normalized spacial score (nSPS) is 22.5. The van der Waals surface area contributed by atoms with Crippen LogP contribution < -0.4 is 0 Å². The standard InChI is InChI=1S/C21H15NO/c22-14-21(13-19(21)20(23)16-8-2-1-3-9-16)18-12-6-10-15-7-4-5-11-17(15)18/h1-12,19H,13H2. The Morgan fingerprint density at radius 3 is 2.43 bits per heavy atom. The maximum atomic E-state index is 12.7. The number of carbonyl (C=O) groups excluding carboxylic acids is 1. The van der Waals surface area contributed by atoms with Crippen LogP contribution in [0.4, 0.5) is 0 Å². The van der Waals surface area contributed by atoms with Gasteiger partial charge in [-0.15, -0.1) is 0 Å². The minimum atomic E-state index is -0.687. The largest absolute Gasteiger partial charge is 0.294 e. The summed E-state index contributed by atoms with van der Waals surface area (Å²) in [5.74, 6) is -0.180. The molecular formula is C21H15NO. The summed E-state index contributed by atoms with van der Waals surface area (Å²) in [6.45, 7) is 0. The first-order valence-electron chi connectivity index (χ1n) is 7.75. The fourth-order valence-electron chi connectivity index (χ4n) is 3.48. The van der Waals surface area contributed by atoms with Gasteiger partial charge in [0.15, 0.2) is 5.78 Å². The van der Waals surface area contributed by atoms with Crippen molar-refractivity contribution in [1.29, 1.82) is 5.26 Å². The highest BCUT2D eigenvalue weighted by Crippen LogP contribution is 2.56. The van der Waals surface area contributed by atoms with Crippen molar-refractivity contribution in [1.82, 2.24) is 0 Å². The van der Waals surface area contributed by atoms with Crippen molar-refractivity contribution in [3.05, 3.63) is 83.9 Å². The van der Waals surface area contributed by atoms with Gasteiger partial charge >= 0.3 is 0 Å². The second kappa shape index (κ2) is 5.07. The van der Waals surface area contributed by atoms with E-state index in [1.54, 1.807) is 0 Å². The Morgan fingerprint density at radius 1 is 0.957 bits per heavy atom. The number of hydrogen-bond donors (Lipinski definition) is 0. The first-order chi connectivity index (χ1) is 11.3. The summed E-state index contributed by atoms with van der Waals surface area (Å²) in [6, 6.07) is 25.8. The number of benzene rings is 3. The van der Waals surface area contributed by atoms with Gasteiger partial charge < -0.3 is 0 Å². The molecule has 0 spiro atoms. The average Bonchev–Trinajstić information content (AvgIpc) is 3.37. The zero-order valence-electron chi connectivity index (χ0n) is 12.6. The summed E-state index contributed by atoms with van der Waals surface area (Å²) in [5, 5.41) is 12.0. The Hall–Kier alpha value is -2.92. The lowest BCUT2D eigenvalue weighted by atomic mass is 9.88. The number of nitriles is 1. The lowest BCUT2D eigenvalue weighted by Crippen LogP contribution is -2.14. The van der Waals surface area contributed by atoms with Crippen LogP contribution in [0.25, 0.3) is 10.8 Å². The quantitative estimate of drug-likeness (QED) is 0.668. The second-order valence-corrected chi connectivity index (χ2v) is 6.10.